The number of likely N-dealkylation sites (tertiary alicyclic amines) is 1. The van der Waals surface area contributed by atoms with Gasteiger partial charge in [0.2, 0.25) is 0 Å². The highest BCUT2D eigenvalue weighted by Crippen LogP contribution is 2.14. The standard InChI is InChI=1S/C22H27N3O3/c1-28-19-8-6-7-17(15-19)9-11-24-21(26)18-10-12-23-20(16-18)22(27)25-13-4-2-3-5-14-25/h6-8,10,12,15-16H,2-5,9,11,13-14H2,1H3,(H,24,26). The number of benzene rings is 1. The minimum atomic E-state index is -0.199. The molecule has 1 fully saturated rings. The zero-order valence-corrected chi connectivity index (χ0v) is 16.3. The van der Waals surface area contributed by atoms with Crippen molar-refractivity contribution in [2.75, 3.05) is 26.7 Å². The molecule has 0 atom stereocenters. The van der Waals surface area contributed by atoms with Gasteiger partial charge < -0.3 is 15.0 Å². The molecule has 1 aliphatic heterocycles. The quantitative estimate of drug-likeness (QED) is 0.835. The molecule has 1 aromatic carbocycles. The summed E-state index contributed by atoms with van der Waals surface area (Å²) < 4.78 is 5.21. The summed E-state index contributed by atoms with van der Waals surface area (Å²) in [5, 5.41) is 2.91. The van der Waals surface area contributed by atoms with Gasteiger partial charge in [-0.15, -0.1) is 0 Å². The minimum absolute atomic E-state index is 0.0899. The van der Waals surface area contributed by atoms with E-state index in [9.17, 15) is 9.59 Å². The fourth-order valence-corrected chi connectivity index (χ4v) is 3.37. The van der Waals surface area contributed by atoms with E-state index in [-0.39, 0.29) is 11.8 Å². The number of aromatic nitrogens is 1. The number of pyridine rings is 1. The van der Waals surface area contributed by atoms with Crippen LogP contribution in [0.5, 0.6) is 5.75 Å². The van der Waals surface area contributed by atoms with Crippen LogP contribution in [0, 0.1) is 0 Å². The van der Waals surface area contributed by atoms with Crippen LogP contribution in [0.2, 0.25) is 0 Å². The Morgan fingerprint density at radius 1 is 1.11 bits per heavy atom. The second-order valence-electron chi connectivity index (χ2n) is 6.99. The van der Waals surface area contributed by atoms with Crippen LogP contribution >= 0.6 is 0 Å². The normalized spacial score (nSPS) is 14.2. The molecule has 0 spiro atoms. The first-order valence-corrected chi connectivity index (χ1v) is 9.84. The predicted octanol–water partition coefficient (Wildman–Crippen LogP) is 3.08. The molecular weight excluding hydrogens is 354 g/mol. The Labute approximate surface area is 165 Å². The van der Waals surface area contributed by atoms with Gasteiger partial charge in [-0.25, -0.2) is 0 Å². The third-order valence-electron chi connectivity index (χ3n) is 4.97. The van der Waals surface area contributed by atoms with Crippen LogP contribution in [-0.2, 0) is 6.42 Å². The summed E-state index contributed by atoms with van der Waals surface area (Å²) in [5.41, 5.74) is 1.88. The van der Waals surface area contributed by atoms with Crippen LogP contribution in [0.4, 0.5) is 0 Å². The van der Waals surface area contributed by atoms with Crippen molar-refractivity contribution in [2.45, 2.75) is 32.1 Å². The lowest BCUT2D eigenvalue weighted by atomic mass is 10.1. The molecule has 0 bridgehead atoms. The lowest BCUT2D eigenvalue weighted by Gasteiger charge is -2.19. The topological polar surface area (TPSA) is 71.5 Å². The lowest BCUT2D eigenvalue weighted by molar-refractivity contribution is 0.0755. The number of amides is 2. The third kappa shape index (κ3) is 5.31. The average Bonchev–Trinajstić information content (AvgIpc) is 3.03. The van der Waals surface area contributed by atoms with E-state index in [0.717, 1.165) is 50.1 Å². The van der Waals surface area contributed by atoms with Gasteiger partial charge in [0.15, 0.2) is 0 Å². The van der Waals surface area contributed by atoms with E-state index >= 15 is 0 Å². The van der Waals surface area contributed by atoms with Crippen LogP contribution in [0.25, 0.3) is 0 Å². The first kappa shape index (κ1) is 19.9. The number of carbonyl (C=O) groups is 2. The van der Waals surface area contributed by atoms with Gasteiger partial charge in [0.05, 0.1) is 7.11 Å². The van der Waals surface area contributed by atoms with E-state index in [1.165, 1.54) is 6.20 Å². The number of methoxy groups -OCH3 is 1. The Hall–Kier alpha value is -2.89. The molecule has 1 saturated heterocycles. The van der Waals surface area contributed by atoms with E-state index in [2.05, 4.69) is 10.3 Å². The summed E-state index contributed by atoms with van der Waals surface area (Å²) >= 11 is 0. The first-order chi connectivity index (χ1) is 13.7. The van der Waals surface area contributed by atoms with Gasteiger partial charge in [0.1, 0.15) is 11.4 Å². The Bertz CT molecular complexity index is 814. The Balaban J connectivity index is 1.57. The molecule has 1 aromatic heterocycles. The summed E-state index contributed by atoms with van der Waals surface area (Å²) in [6.07, 6.45) is 6.60. The number of hydrogen-bond donors (Lipinski definition) is 1. The fraction of sp³-hybridized carbons (Fsp3) is 0.409. The Morgan fingerprint density at radius 2 is 1.89 bits per heavy atom. The van der Waals surface area contributed by atoms with Crippen molar-refractivity contribution in [1.29, 1.82) is 0 Å². The molecule has 1 N–H and O–H groups in total. The zero-order valence-electron chi connectivity index (χ0n) is 16.3. The summed E-state index contributed by atoms with van der Waals surface area (Å²) in [5.74, 6) is 0.512. The SMILES string of the molecule is COc1cccc(CCNC(=O)c2ccnc(C(=O)N3CCCCCC3)c2)c1. The van der Waals surface area contributed by atoms with Gasteiger partial charge >= 0.3 is 0 Å². The van der Waals surface area contributed by atoms with E-state index in [0.29, 0.717) is 24.2 Å². The molecule has 0 unspecified atom stereocenters. The summed E-state index contributed by atoms with van der Waals surface area (Å²) in [6.45, 7) is 2.03. The summed E-state index contributed by atoms with van der Waals surface area (Å²) in [4.78, 5) is 31.2. The second kappa shape index (κ2) is 9.88. The monoisotopic (exact) mass is 381 g/mol. The van der Waals surface area contributed by atoms with Crippen LogP contribution in [-0.4, -0.2) is 48.4 Å². The molecule has 2 heterocycles. The molecule has 2 aromatic rings. The van der Waals surface area contributed by atoms with Crippen molar-refractivity contribution >= 4 is 11.8 Å². The number of rotatable bonds is 6. The van der Waals surface area contributed by atoms with Gasteiger partial charge in [0, 0.05) is 31.4 Å². The van der Waals surface area contributed by atoms with Crippen molar-refractivity contribution in [3.8, 4) is 5.75 Å². The van der Waals surface area contributed by atoms with E-state index in [4.69, 9.17) is 4.74 Å². The molecule has 2 amide bonds. The van der Waals surface area contributed by atoms with Crippen molar-refractivity contribution < 1.29 is 14.3 Å². The fourth-order valence-electron chi connectivity index (χ4n) is 3.37. The van der Waals surface area contributed by atoms with Crippen molar-refractivity contribution in [3.63, 3.8) is 0 Å². The van der Waals surface area contributed by atoms with Gasteiger partial charge in [0.25, 0.3) is 11.8 Å². The largest absolute Gasteiger partial charge is 0.497 e. The average molecular weight is 381 g/mol. The molecule has 3 rings (SSSR count). The highest BCUT2D eigenvalue weighted by atomic mass is 16.5. The molecule has 0 radical (unpaired) electrons. The molecule has 6 heteroatoms. The molecule has 1 aliphatic rings. The van der Waals surface area contributed by atoms with Gasteiger partial charge in [-0.1, -0.05) is 25.0 Å². The smallest absolute Gasteiger partial charge is 0.272 e. The highest BCUT2D eigenvalue weighted by Gasteiger charge is 2.19. The lowest BCUT2D eigenvalue weighted by Crippen LogP contribution is -2.33. The van der Waals surface area contributed by atoms with Gasteiger partial charge in [-0.3, -0.25) is 14.6 Å². The van der Waals surface area contributed by atoms with Crippen molar-refractivity contribution in [2.24, 2.45) is 0 Å². The minimum Gasteiger partial charge on any atom is -0.497 e. The molecule has 148 valence electrons. The Kier molecular flexibility index (Phi) is 7.00. The zero-order chi connectivity index (χ0) is 19.8. The molecule has 28 heavy (non-hydrogen) atoms. The van der Waals surface area contributed by atoms with Crippen molar-refractivity contribution in [3.05, 3.63) is 59.4 Å². The maximum absolute atomic E-state index is 12.7. The van der Waals surface area contributed by atoms with Crippen LogP contribution in [0.1, 0.15) is 52.1 Å². The summed E-state index contributed by atoms with van der Waals surface area (Å²) in [6, 6.07) is 11.0. The number of nitrogens with one attached hydrogen (secondary N) is 1. The van der Waals surface area contributed by atoms with Crippen LogP contribution in [0.3, 0.4) is 0 Å². The van der Waals surface area contributed by atoms with Gasteiger partial charge in [-0.2, -0.15) is 0 Å². The molecule has 0 saturated carbocycles. The van der Waals surface area contributed by atoms with Crippen LogP contribution in [0.15, 0.2) is 42.6 Å². The molecule has 6 nitrogen and oxygen atoms in total. The van der Waals surface area contributed by atoms with Gasteiger partial charge in [-0.05, 0) is 49.1 Å². The van der Waals surface area contributed by atoms with Crippen LogP contribution < -0.4 is 10.1 Å². The number of carbonyl (C=O) groups excluding carboxylic acids is 2. The first-order valence-electron chi connectivity index (χ1n) is 9.84. The number of ether oxygens (including phenoxy) is 1. The van der Waals surface area contributed by atoms with E-state index < -0.39 is 0 Å². The maximum Gasteiger partial charge on any atom is 0.272 e. The third-order valence-corrected chi connectivity index (χ3v) is 4.97. The number of nitrogens with zero attached hydrogens (tertiary/aromatic N) is 2. The Morgan fingerprint density at radius 3 is 2.64 bits per heavy atom. The van der Waals surface area contributed by atoms with E-state index in [1.54, 1.807) is 19.2 Å². The second-order valence-corrected chi connectivity index (χ2v) is 6.99. The number of hydrogen-bond acceptors (Lipinski definition) is 4. The summed E-state index contributed by atoms with van der Waals surface area (Å²) in [7, 11) is 1.63. The van der Waals surface area contributed by atoms with Crippen molar-refractivity contribution in [1.82, 2.24) is 15.2 Å². The predicted molar refractivity (Wildman–Crippen MR) is 108 cm³/mol. The maximum atomic E-state index is 12.7. The molecule has 0 aliphatic carbocycles. The molecular formula is C22H27N3O3. The highest BCUT2D eigenvalue weighted by molar-refractivity contribution is 5.98. The van der Waals surface area contributed by atoms with E-state index in [1.807, 2.05) is 29.2 Å².